The van der Waals surface area contributed by atoms with E-state index in [1.807, 2.05) is 24.3 Å². The van der Waals surface area contributed by atoms with Crippen molar-refractivity contribution in [1.82, 2.24) is 15.5 Å². The minimum atomic E-state index is -0.251. The number of nitrogens with zero attached hydrogens (tertiary/aromatic N) is 3. The SMILES string of the molecule is CC1Cc2ccccc2N1c1ccc(C(=O)NCc2ccc(Cl)cc2)nn1. The Balaban J connectivity index is 1.46. The van der Waals surface area contributed by atoms with Gasteiger partial charge in [-0.3, -0.25) is 4.79 Å². The van der Waals surface area contributed by atoms with Crippen LogP contribution in [0.5, 0.6) is 0 Å². The van der Waals surface area contributed by atoms with Crippen molar-refractivity contribution in [3.63, 3.8) is 0 Å². The highest BCUT2D eigenvalue weighted by Crippen LogP contribution is 2.36. The monoisotopic (exact) mass is 378 g/mol. The number of hydrogen-bond donors (Lipinski definition) is 1. The van der Waals surface area contributed by atoms with Crippen LogP contribution in [0.4, 0.5) is 11.5 Å². The van der Waals surface area contributed by atoms with Crippen molar-refractivity contribution >= 4 is 29.0 Å². The summed E-state index contributed by atoms with van der Waals surface area (Å²) in [4.78, 5) is 14.5. The molecule has 136 valence electrons. The first-order valence-corrected chi connectivity index (χ1v) is 9.23. The van der Waals surface area contributed by atoms with Gasteiger partial charge in [0.2, 0.25) is 0 Å². The molecule has 1 aliphatic rings. The second-order valence-electron chi connectivity index (χ2n) is 6.64. The van der Waals surface area contributed by atoms with Crippen LogP contribution in [-0.2, 0) is 13.0 Å². The van der Waals surface area contributed by atoms with Gasteiger partial charge in [-0.15, -0.1) is 10.2 Å². The van der Waals surface area contributed by atoms with Gasteiger partial charge in [0.05, 0.1) is 0 Å². The Morgan fingerprint density at radius 2 is 1.89 bits per heavy atom. The minimum Gasteiger partial charge on any atom is -0.347 e. The van der Waals surface area contributed by atoms with E-state index < -0.39 is 0 Å². The third kappa shape index (κ3) is 3.64. The topological polar surface area (TPSA) is 58.1 Å². The second kappa shape index (κ2) is 7.37. The summed E-state index contributed by atoms with van der Waals surface area (Å²) in [6.45, 7) is 2.57. The first-order chi connectivity index (χ1) is 13.1. The normalized spacial score (nSPS) is 15.5. The van der Waals surface area contributed by atoms with E-state index in [1.165, 1.54) is 5.56 Å². The number of amides is 1. The molecule has 2 aromatic carbocycles. The highest BCUT2D eigenvalue weighted by Gasteiger charge is 2.28. The molecule has 0 saturated carbocycles. The lowest BCUT2D eigenvalue weighted by Gasteiger charge is -2.23. The molecule has 1 aliphatic heterocycles. The predicted octanol–water partition coefficient (Wildman–Crippen LogP) is 4.14. The fraction of sp³-hybridized carbons (Fsp3) is 0.190. The number of fused-ring (bicyclic) bond motifs is 1. The number of aromatic nitrogens is 2. The number of carbonyl (C=O) groups excluding carboxylic acids is 1. The molecule has 1 N–H and O–H groups in total. The maximum Gasteiger partial charge on any atom is 0.272 e. The zero-order chi connectivity index (χ0) is 18.8. The van der Waals surface area contributed by atoms with Crippen molar-refractivity contribution < 1.29 is 4.79 Å². The molecule has 0 fully saturated rings. The van der Waals surface area contributed by atoms with Crippen LogP contribution in [0.15, 0.2) is 60.7 Å². The molecule has 1 unspecified atom stereocenters. The summed E-state index contributed by atoms with van der Waals surface area (Å²) in [5.41, 5.74) is 3.73. The van der Waals surface area contributed by atoms with Crippen molar-refractivity contribution in [1.29, 1.82) is 0 Å². The van der Waals surface area contributed by atoms with Crippen LogP contribution in [0.3, 0.4) is 0 Å². The number of nitrogens with one attached hydrogen (secondary N) is 1. The largest absolute Gasteiger partial charge is 0.347 e. The predicted molar refractivity (Wildman–Crippen MR) is 106 cm³/mol. The molecule has 0 aliphatic carbocycles. The van der Waals surface area contributed by atoms with Gasteiger partial charge in [-0.1, -0.05) is 41.9 Å². The first-order valence-electron chi connectivity index (χ1n) is 8.85. The summed E-state index contributed by atoms with van der Waals surface area (Å²) in [7, 11) is 0. The van der Waals surface area contributed by atoms with Gasteiger partial charge in [0.25, 0.3) is 5.91 Å². The summed E-state index contributed by atoms with van der Waals surface area (Å²) in [5.74, 6) is 0.501. The van der Waals surface area contributed by atoms with E-state index in [4.69, 9.17) is 11.6 Å². The van der Waals surface area contributed by atoms with E-state index in [-0.39, 0.29) is 5.91 Å². The molecule has 27 heavy (non-hydrogen) atoms. The molecule has 6 heteroatoms. The van der Waals surface area contributed by atoms with Crippen molar-refractivity contribution in [3.8, 4) is 0 Å². The number of benzene rings is 2. The number of carbonyl (C=O) groups is 1. The summed E-state index contributed by atoms with van der Waals surface area (Å²) >= 11 is 5.87. The summed E-state index contributed by atoms with van der Waals surface area (Å²) < 4.78 is 0. The van der Waals surface area contributed by atoms with E-state index in [9.17, 15) is 4.79 Å². The molecule has 0 bridgehead atoms. The fourth-order valence-corrected chi connectivity index (χ4v) is 3.49. The molecule has 5 nitrogen and oxygen atoms in total. The van der Waals surface area contributed by atoms with Gasteiger partial charge in [0.15, 0.2) is 11.5 Å². The quantitative estimate of drug-likeness (QED) is 0.741. The molecular weight excluding hydrogens is 360 g/mol. The lowest BCUT2D eigenvalue weighted by atomic mass is 10.1. The third-order valence-corrected chi connectivity index (χ3v) is 4.96. The average molecular weight is 379 g/mol. The molecule has 0 saturated heterocycles. The van der Waals surface area contributed by atoms with Gasteiger partial charge < -0.3 is 10.2 Å². The van der Waals surface area contributed by atoms with Crippen LogP contribution in [-0.4, -0.2) is 22.1 Å². The van der Waals surface area contributed by atoms with Gasteiger partial charge >= 0.3 is 0 Å². The lowest BCUT2D eigenvalue weighted by molar-refractivity contribution is 0.0945. The minimum absolute atomic E-state index is 0.251. The Morgan fingerprint density at radius 3 is 2.63 bits per heavy atom. The summed E-state index contributed by atoms with van der Waals surface area (Å²) in [6.07, 6.45) is 0.973. The van der Waals surface area contributed by atoms with E-state index in [0.717, 1.165) is 23.5 Å². The van der Waals surface area contributed by atoms with Crippen molar-refractivity contribution in [2.24, 2.45) is 0 Å². The van der Waals surface area contributed by atoms with E-state index in [2.05, 4.69) is 45.5 Å². The van der Waals surface area contributed by atoms with Crippen molar-refractivity contribution in [2.45, 2.75) is 25.9 Å². The molecule has 3 aromatic rings. The van der Waals surface area contributed by atoms with Crippen LogP contribution in [0.2, 0.25) is 5.02 Å². The van der Waals surface area contributed by atoms with Gasteiger partial charge in [-0.25, -0.2) is 0 Å². The van der Waals surface area contributed by atoms with Crippen LogP contribution in [0, 0.1) is 0 Å². The van der Waals surface area contributed by atoms with Crippen molar-refractivity contribution in [3.05, 3.63) is 82.5 Å². The molecule has 1 amide bonds. The Bertz CT molecular complexity index is 957. The van der Waals surface area contributed by atoms with Crippen LogP contribution >= 0.6 is 11.6 Å². The molecule has 2 heterocycles. The molecule has 1 aromatic heterocycles. The van der Waals surface area contributed by atoms with E-state index >= 15 is 0 Å². The molecule has 1 atom stereocenters. The molecular formula is C21H19ClN4O. The zero-order valence-corrected chi connectivity index (χ0v) is 15.6. The van der Waals surface area contributed by atoms with Gasteiger partial charge in [-0.05, 0) is 54.8 Å². The standard InChI is InChI=1S/C21H19ClN4O/c1-14-12-16-4-2-3-5-19(16)26(14)20-11-10-18(24-25-20)21(27)23-13-15-6-8-17(22)9-7-15/h2-11,14H,12-13H2,1H3,(H,23,27). The lowest BCUT2D eigenvalue weighted by Crippen LogP contribution is -2.27. The van der Waals surface area contributed by atoms with Gasteiger partial charge in [-0.2, -0.15) is 0 Å². The Hall–Kier alpha value is -2.92. The first kappa shape index (κ1) is 17.5. The number of halogens is 1. The van der Waals surface area contributed by atoms with Crippen LogP contribution in [0.25, 0.3) is 0 Å². The summed E-state index contributed by atoms with van der Waals surface area (Å²) in [6, 6.07) is 19.5. The third-order valence-electron chi connectivity index (χ3n) is 4.70. The zero-order valence-electron chi connectivity index (χ0n) is 14.9. The van der Waals surface area contributed by atoms with Gasteiger partial charge in [0, 0.05) is 23.3 Å². The maximum absolute atomic E-state index is 12.3. The molecule has 0 radical (unpaired) electrons. The number of hydrogen-bond acceptors (Lipinski definition) is 4. The van der Waals surface area contributed by atoms with Crippen molar-refractivity contribution in [2.75, 3.05) is 4.90 Å². The number of rotatable bonds is 4. The average Bonchev–Trinajstić information content (AvgIpc) is 3.03. The molecule has 4 rings (SSSR count). The second-order valence-corrected chi connectivity index (χ2v) is 7.07. The fourth-order valence-electron chi connectivity index (χ4n) is 3.36. The van der Waals surface area contributed by atoms with Crippen LogP contribution in [0.1, 0.15) is 28.5 Å². The maximum atomic E-state index is 12.3. The Kier molecular flexibility index (Phi) is 4.77. The van der Waals surface area contributed by atoms with Crippen LogP contribution < -0.4 is 10.2 Å². The number of para-hydroxylation sites is 1. The van der Waals surface area contributed by atoms with E-state index in [1.54, 1.807) is 18.2 Å². The molecule has 0 spiro atoms. The van der Waals surface area contributed by atoms with Gasteiger partial charge in [0.1, 0.15) is 0 Å². The highest BCUT2D eigenvalue weighted by atomic mass is 35.5. The summed E-state index contributed by atoms with van der Waals surface area (Å²) in [5, 5.41) is 11.9. The number of anilines is 2. The Labute approximate surface area is 163 Å². The highest BCUT2D eigenvalue weighted by molar-refractivity contribution is 6.30. The smallest absolute Gasteiger partial charge is 0.272 e. The Morgan fingerprint density at radius 1 is 1.11 bits per heavy atom. The van der Waals surface area contributed by atoms with E-state index in [0.29, 0.717) is 23.3 Å².